The summed E-state index contributed by atoms with van der Waals surface area (Å²) in [6.07, 6.45) is 0.951. The van der Waals surface area contributed by atoms with Crippen LogP contribution in [0.25, 0.3) is 0 Å². The Morgan fingerprint density at radius 1 is 1.40 bits per heavy atom. The lowest BCUT2D eigenvalue weighted by Gasteiger charge is -2.17. The van der Waals surface area contributed by atoms with Crippen LogP contribution in [0.15, 0.2) is 24.3 Å². The van der Waals surface area contributed by atoms with Gasteiger partial charge in [-0.15, -0.1) is 0 Å². The molecule has 1 aromatic carbocycles. The molecular formula is C16H23N3O. The van der Waals surface area contributed by atoms with E-state index in [0.717, 1.165) is 24.1 Å². The molecule has 1 aromatic rings. The van der Waals surface area contributed by atoms with E-state index >= 15 is 0 Å². The van der Waals surface area contributed by atoms with Crippen molar-refractivity contribution in [3.05, 3.63) is 35.4 Å². The monoisotopic (exact) mass is 273 g/mol. The Bertz CT molecular complexity index is 488. The van der Waals surface area contributed by atoms with Crippen LogP contribution in [-0.2, 0) is 11.3 Å². The number of carbonyl (C=O) groups is 1. The summed E-state index contributed by atoms with van der Waals surface area (Å²) in [4.78, 5) is 13.6. The number of nitrogens with one attached hydrogen (secondary N) is 1. The molecule has 0 aliphatic heterocycles. The second kappa shape index (κ2) is 9.13. The van der Waals surface area contributed by atoms with Gasteiger partial charge in [-0.25, -0.2) is 0 Å². The first-order chi connectivity index (χ1) is 9.67. The van der Waals surface area contributed by atoms with Gasteiger partial charge in [0.25, 0.3) is 0 Å². The number of rotatable bonds is 6. The van der Waals surface area contributed by atoms with Crippen molar-refractivity contribution in [2.75, 3.05) is 26.7 Å². The van der Waals surface area contributed by atoms with E-state index in [1.165, 1.54) is 0 Å². The third kappa shape index (κ3) is 5.87. The predicted octanol–water partition coefficient (Wildman–Crippen LogP) is 0.955. The van der Waals surface area contributed by atoms with Crippen LogP contribution in [0.4, 0.5) is 0 Å². The average molecular weight is 273 g/mol. The van der Waals surface area contributed by atoms with Crippen LogP contribution < -0.4 is 11.1 Å². The normalized spacial score (nSPS) is 10.0. The molecule has 1 rings (SSSR count). The van der Waals surface area contributed by atoms with Crippen LogP contribution in [0.3, 0.4) is 0 Å². The maximum atomic E-state index is 11.7. The van der Waals surface area contributed by atoms with Crippen molar-refractivity contribution in [3.8, 4) is 11.8 Å². The van der Waals surface area contributed by atoms with Gasteiger partial charge in [0.05, 0.1) is 13.1 Å². The highest BCUT2D eigenvalue weighted by molar-refractivity contribution is 5.77. The summed E-state index contributed by atoms with van der Waals surface area (Å²) in [6.45, 7) is 4.19. The average Bonchev–Trinajstić information content (AvgIpc) is 2.44. The fourth-order valence-electron chi connectivity index (χ4n) is 1.84. The van der Waals surface area contributed by atoms with Gasteiger partial charge in [-0.1, -0.05) is 37.0 Å². The van der Waals surface area contributed by atoms with Crippen molar-refractivity contribution >= 4 is 5.91 Å². The summed E-state index contributed by atoms with van der Waals surface area (Å²) in [5, 5.41) is 2.87. The van der Waals surface area contributed by atoms with E-state index in [9.17, 15) is 4.79 Å². The second-order valence-electron chi connectivity index (χ2n) is 4.69. The molecule has 0 aliphatic rings. The van der Waals surface area contributed by atoms with Crippen molar-refractivity contribution in [3.63, 3.8) is 0 Å². The maximum Gasteiger partial charge on any atom is 0.234 e. The summed E-state index contributed by atoms with van der Waals surface area (Å²) in [7, 11) is 1.93. The molecule has 0 saturated heterocycles. The van der Waals surface area contributed by atoms with Gasteiger partial charge >= 0.3 is 0 Å². The largest absolute Gasteiger partial charge is 0.355 e. The SMILES string of the molecule is CCCNC(=O)CN(C)Cc1ccccc1C#CCN. The van der Waals surface area contributed by atoms with E-state index in [-0.39, 0.29) is 5.91 Å². The van der Waals surface area contributed by atoms with Gasteiger partial charge in [0.1, 0.15) is 0 Å². The lowest BCUT2D eigenvalue weighted by molar-refractivity contribution is -0.122. The first-order valence-corrected chi connectivity index (χ1v) is 6.89. The Kier molecular flexibility index (Phi) is 7.41. The number of hydrogen-bond donors (Lipinski definition) is 2. The molecule has 0 aliphatic carbocycles. The fraction of sp³-hybridized carbons (Fsp3) is 0.438. The topological polar surface area (TPSA) is 58.4 Å². The first-order valence-electron chi connectivity index (χ1n) is 6.89. The van der Waals surface area contributed by atoms with Crippen LogP contribution in [-0.4, -0.2) is 37.5 Å². The minimum absolute atomic E-state index is 0.0554. The molecule has 0 saturated carbocycles. The minimum Gasteiger partial charge on any atom is -0.355 e. The molecule has 20 heavy (non-hydrogen) atoms. The molecule has 108 valence electrons. The van der Waals surface area contributed by atoms with Crippen LogP contribution in [0.5, 0.6) is 0 Å². The highest BCUT2D eigenvalue weighted by atomic mass is 16.2. The number of nitrogens with two attached hydrogens (primary N) is 1. The highest BCUT2D eigenvalue weighted by Crippen LogP contribution is 2.09. The van der Waals surface area contributed by atoms with E-state index in [4.69, 9.17) is 5.73 Å². The molecule has 4 heteroatoms. The van der Waals surface area contributed by atoms with E-state index in [1.807, 2.05) is 43.1 Å². The van der Waals surface area contributed by atoms with Crippen molar-refractivity contribution in [2.24, 2.45) is 5.73 Å². The number of amides is 1. The summed E-state index contributed by atoms with van der Waals surface area (Å²) >= 11 is 0. The molecular weight excluding hydrogens is 250 g/mol. The zero-order valence-electron chi connectivity index (χ0n) is 12.3. The number of hydrogen-bond acceptors (Lipinski definition) is 3. The summed E-state index contributed by atoms with van der Waals surface area (Å²) in [6, 6.07) is 7.94. The van der Waals surface area contributed by atoms with Crippen molar-refractivity contribution in [2.45, 2.75) is 19.9 Å². The van der Waals surface area contributed by atoms with E-state index < -0.39 is 0 Å². The number of nitrogens with zero attached hydrogens (tertiary/aromatic N) is 1. The van der Waals surface area contributed by atoms with Gasteiger partial charge in [0.2, 0.25) is 5.91 Å². The zero-order chi connectivity index (χ0) is 14.8. The number of likely N-dealkylation sites (N-methyl/N-ethyl adjacent to an activating group) is 1. The third-order valence-electron chi connectivity index (χ3n) is 2.77. The lowest BCUT2D eigenvalue weighted by atomic mass is 10.1. The quantitative estimate of drug-likeness (QED) is 0.759. The summed E-state index contributed by atoms with van der Waals surface area (Å²) in [5.74, 6) is 5.99. The number of carbonyl (C=O) groups excluding carboxylic acids is 1. The van der Waals surface area contributed by atoms with Crippen LogP contribution in [0.1, 0.15) is 24.5 Å². The lowest BCUT2D eigenvalue weighted by Crippen LogP contribution is -2.35. The van der Waals surface area contributed by atoms with Crippen LogP contribution in [0, 0.1) is 11.8 Å². The Hall–Kier alpha value is -1.83. The summed E-state index contributed by atoms with van der Waals surface area (Å²) in [5.41, 5.74) is 7.48. The molecule has 0 unspecified atom stereocenters. The molecule has 0 atom stereocenters. The fourth-order valence-corrected chi connectivity index (χ4v) is 1.84. The third-order valence-corrected chi connectivity index (χ3v) is 2.77. The first kappa shape index (κ1) is 16.2. The molecule has 0 bridgehead atoms. The van der Waals surface area contributed by atoms with Gasteiger partial charge in [0.15, 0.2) is 0 Å². The second-order valence-corrected chi connectivity index (χ2v) is 4.69. The van der Waals surface area contributed by atoms with Crippen LogP contribution >= 0.6 is 0 Å². The maximum absolute atomic E-state index is 11.7. The van der Waals surface area contributed by atoms with Crippen molar-refractivity contribution in [1.29, 1.82) is 0 Å². The van der Waals surface area contributed by atoms with Crippen LogP contribution in [0.2, 0.25) is 0 Å². The molecule has 1 amide bonds. The van der Waals surface area contributed by atoms with Gasteiger partial charge in [-0.05, 0) is 25.1 Å². The molecule has 0 heterocycles. The zero-order valence-corrected chi connectivity index (χ0v) is 12.3. The Labute approximate surface area is 121 Å². The smallest absolute Gasteiger partial charge is 0.234 e. The molecule has 0 fully saturated rings. The van der Waals surface area contributed by atoms with Gasteiger partial charge < -0.3 is 11.1 Å². The van der Waals surface area contributed by atoms with Gasteiger partial charge in [-0.3, -0.25) is 9.69 Å². The van der Waals surface area contributed by atoms with E-state index in [1.54, 1.807) is 0 Å². The molecule has 4 nitrogen and oxygen atoms in total. The Balaban J connectivity index is 2.61. The number of benzene rings is 1. The standard InChI is InChI=1S/C16H23N3O/c1-3-11-18-16(20)13-19(2)12-15-8-5-4-7-14(15)9-6-10-17/h4-5,7-8H,3,10-13,17H2,1-2H3,(H,18,20). The van der Waals surface area contributed by atoms with Gasteiger partial charge in [0, 0.05) is 18.7 Å². The Morgan fingerprint density at radius 3 is 2.85 bits per heavy atom. The summed E-state index contributed by atoms with van der Waals surface area (Å²) < 4.78 is 0. The minimum atomic E-state index is 0.0554. The molecule has 0 spiro atoms. The van der Waals surface area contributed by atoms with Crippen molar-refractivity contribution < 1.29 is 4.79 Å². The van der Waals surface area contributed by atoms with Crippen molar-refractivity contribution in [1.82, 2.24) is 10.2 Å². The van der Waals surface area contributed by atoms with E-state index in [0.29, 0.717) is 19.6 Å². The highest BCUT2D eigenvalue weighted by Gasteiger charge is 2.08. The van der Waals surface area contributed by atoms with E-state index in [2.05, 4.69) is 17.2 Å². The van der Waals surface area contributed by atoms with Gasteiger partial charge in [-0.2, -0.15) is 0 Å². The predicted molar refractivity (Wildman–Crippen MR) is 82.0 cm³/mol. The molecule has 0 radical (unpaired) electrons. The molecule has 0 aromatic heterocycles. The Morgan fingerprint density at radius 2 is 2.15 bits per heavy atom. The molecule has 3 N–H and O–H groups in total.